The second-order valence-corrected chi connectivity index (χ2v) is 4.77. The van der Waals surface area contributed by atoms with Crippen LogP contribution in [0.15, 0.2) is 0 Å². The predicted octanol–water partition coefficient (Wildman–Crippen LogP) is 3.06. The van der Waals surface area contributed by atoms with Crippen LogP contribution in [0, 0.1) is 0 Å². The van der Waals surface area contributed by atoms with Gasteiger partial charge in [0, 0.05) is 11.8 Å². The van der Waals surface area contributed by atoms with E-state index in [2.05, 4.69) is 22.6 Å². The standard InChI is InChI=1S/C7H13Cl2IO/c1-5(2)11-7(4-9)6(10)3-8/h5-7H,3-4H2,1-2H3. The van der Waals surface area contributed by atoms with E-state index in [0.717, 1.165) is 0 Å². The van der Waals surface area contributed by atoms with E-state index in [9.17, 15) is 0 Å². The molecule has 0 aromatic carbocycles. The molecule has 0 N–H and O–H groups in total. The van der Waals surface area contributed by atoms with Crippen molar-refractivity contribution in [2.24, 2.45) is 0 Å². The minimum absolute atomic E-state index is 0.0785. The first-order chi connectivity index (χ1) is 5.11. The molecule has 0 aromatic heterocycles. The summed E-state index contributed by atoms with van der Waals surface area (Å²) in [6, 6.07) is 0. The van der Waals surface area contributed by atoms with Crippen molar-refractivity contribution in [3.8, 4) is 0 Å². The maximum atomic E-state index is 5.70. The molecule has 0 aliphatic heterocycles. The van der Waals surface area contributed by atoms with Gasteiger partial charge in [0.1, 0.15) is 0 Å². The van der Waals surface area contributed by atoms with Crippen LogP contribution in [0.4, 0.5) is 0 Å². The van der Waals surface area contributed by atoms with Crippen molar-refractivity contribution in [3.05, 3.63) is 0 Å². The maximum absolute atomic E-state index is 5.70. The van der Waals surface area contributed by atoms with Crippen LogP contribution in [0.5, 0.6) is 0 Å². The van der Waals surface area contributed by atoms with E-state index >= 15 is 0 Å². The molecular weight excluding hydrogens is 298 g/mol. The molecule has 11 heavy (non-hydrogen) atoms. The lowest BCUT2D eigenvalue weighted by molar-refractivity contribution is 0.0251. The number of alkyl halides is 3. The number of hydrogen-bond donors (Lipinski definition) is 0. The first-order valence-corrected chi connectivity index (χ1v) is 5.84. The molecule has 0 fully saturated rings. The molecule has 1 nitrogen and oxygen atoms in total. The predicted molar refractivity (Wildman–Crippen MR) is 59.3 cm³/mol. The van der Waals surface area contributed by atoms with Crippen molar-refractivity contribution in [2.75, 3.05) is 11.8 Å². The summed E-state index contributed by atoms with van der Waals surface area (Å²) in [5.41, 5.74) is 0. The maximum Gasteiger partial charge on any atom is 0.0842 e. The molecule has 0 rings (SSSR count). The van der Waals surface area contributed by atoms with Gasteiger partial charge in [0.2, 0.25) is 0 Å². The molecule has 0 aliphatic carbocycles. The third-order valence-electron chi connectivity index (χ3n) is 1.15. The van der Waals surface area contributed by atoms with Gasteiger partial charge in [0.25, 0.3) is 0 Å². The largest absolute Gasteiger partial charge is 0.373 e. The lowest BCUT2D eigenvalue weighted by Crippen LogP contribution is -2.29. The first kappa shape index (κ1) is 12.3. The quantitative estimate of drug-likeness (QED) is 0.560. The average molecular weight is 311 g/mol. The summed E-state index contributed by atoms with van der Waals surface area (Å²) in [5.74, 6) is 1.10. The Morgan fingerprint density at radius 2 is 1.82 bits per heavy atom. The lowest BCUT2D eigenvalue weighted by atomic mass is 10.3. The van der Waals surface area contributed by atoms with Crippen molar-refractivity contribution in [2.45, 2.75) is 30.0 Å². The molecule has 4 heteroatoms. The lowest BCUT2D eigenvalue weighted by Gasteiger charge is -2.21. The van der Waals surface area contributed by atoms with Gasteiger partial charge in [-0.2, -0.15) is 0 Å². The van der Waals surface area contributed by atoms with Crippen LogP contribution in [-0.2, 0) is 4.74 Å². The van der Waals surface area contributed by atoms with Gasteiger partial charge in [-0.15, -0.1) is 23.2 Å². The minimum atomic E-state index is 0.0785. The Hall–Kier alpha value is 1.27. The average Bonchev–Trinajstić information content (AvgIpc) is 1.98. The molecule has 0 aromatic rings. The van der Waals surface area contributed by atoms with Crippen LogP contribution in [-0.4, -0.2) is 27.9 Å². The van der Waals surface area contributed by atoms with E-state index in [4.69, 9.17) is 27.9 Å². The molecule has 68 valence electrons. The second kappa shape index (κ2) is 6.75. The smallest absolute Gasteiger partial charge is 0.0842 e. The molecule has 2 atom stereocenters. The van der Waals surface area contributed by atoms with Gasteiger partial charge in [-0.25, -0.2) is 0 Å². The summed E-state index contributed by atoms with van der Waals surface area (Å²) in [7, 11) is 0. The molecule has 0 spiro atoms. The Morgan fingerprint density at radius 1 is 1.27 bits per heavy atom. The summed E-state index contributed by atoms with van der Waals surface area (Å²) in [6.07, 6.45) is 0.300. The summed E-state index contributed by atoms with van der Waals surface area (Å²) in [5, 5.41) is 0. The van der Waals surface area contributed by atoms with E-state index < -0.39 is 0 Å². The zero-order chi connectivity index (χ0) is 8.85. The fourth-order valence-electron chi connectivity index (χ4n) is 0.667. The van der Waals surface area contributed by atoms with Crippen LogP contribution < -0.4 is 0 Å². The van der Waals surface area contributed by atoms with Crippen molar-refractivity contribution < 1.29 is 4.74 Å². The molecule has 0 radical (unpaired) electrons. The first-order valence-electron chi connectivity index (χ1n) is 3.53. The Bertz CT molecular complexity index is 100. The highest BCUT2D eigenvalue weighted by Gasteiger charge is 2.18. The fraction of sp³-hybridized carbons (Fsp3) is 1.00. The topological polar surface area (TPSA) is 9.23 Å². The Balaban J connectivity index is 3.74. The number of hydrogen-bond acceptors (Lipinski definition) is 1. The van der Waals surface area contributed by atoms with Crippen molar-refractivity contribution >= 4 is 45.8 Å². The highest BCUT2D eigenvalue weighted by molar-refractivity contribution is 14.1. The Labute approximate surface area is 91.9 Å². The van der Waals surface area contributed by atoms with Gasteiger partial charge in [0.15, 0.2) is 0 Å². The van der Waals surface area contributed by atoms with Gasteiger partial charge >= 0.3 is 0 Å². The van der Waals surface area contributed by atoms with Crippen molar-refractivity contribution in [1.29, 1.82) is 0 Å². The van der Waals surface area contributed by atoms with E-state index in [1.54, 1.807) is 0 Å². The van der Waals surface area contributed by atoms with Crippen LogP contribution in [0.2, 0.25) is 0 Å². The summed E-state index contributed by atoms with van der Waals surface area (Å²) in [4.78, 5) is 0. The minimum Gasteiger partial charge on any atom is -0.373 e. The highest BCUT2D eigenvalue weighted by Crippen LogP contribution is 2.15. The molecule has 0 heterocycles. The van der Waals surface area contributed by atoms with Crippen LogP contribution in [0.3, 0.4) is 0 Å². The van der Waals surface area contributed by atoms with E-state index in [-0.39, 0.29) is 12.2 Å². The molecule has 2 unspecified atom stereocenters. The van der Waals surface area contributed by atoms with Crippen LogP contribution in [0.25, 0.3) is 0 Å². The Kier molecular flexibility index (Phi) is 7.53. The summed E-state index contributed by atoms with van der Waals surface area (Å²) >= 11 is 13.6. The highest BCUT2D eigenvalue weighted by atomic mass is 127. The zero-order valence-electron chi connectivity index (χ0n) is 6.69. The zero-order valence-corrected chi connectivity index (χ0v) is 10.4. The van der Waals surface area contributed by atoms with Gasteiger partial charge in [0.05, 0.1) is 16.1 Å². The molecule has 0 amide bonds. The molecule has 0 saturated heterocycles. The van der Waals surface area contributed by atoms with Gasteiger partial charge in [-0.1, -0.05) is 22.6 Å². The third-order valence-corrected chi connectivity index (χ3v) is 3.55. The Morgan fingerprint density at radius 3 is 2.09 bits per heavy atom. The van der Waals surface area contributed by atoms with Gasteiger partial charge in [-0.05, 0) is 13.8 Å². The SMILES string of the molecule is CC(C)OC(CCl)C(I)CCl. The molecule has 0 bridgehead atoms. The summed E-state index contributed by atoms with van der Waals surface area (Å²) in [6.45, 7) is 3.99. The number of halogens is 3. The number of ether oxygens (including phenoxy) is 1. The van der Waals surface area contributed by atoms with Gasteiger partial charge < -0.3 is 4.74 Å². The normalized spacial score (nSPS) is 16.9. The van der Waals surface area contributed by atoms with Crippen LogP contribution in [0.1, 0.15) is 13.8 Å². The monoisotopic (exact) mass is 310 g/mol. The second-order valence-electron chi connectivity index (χ2n) is 2.55. The van der Waals surface area contributed by atoms with Crippen molar-refractivity contribution in [3.63, 3.8) is 0 Å². The third kappa shape index (κ3) is 5.50. The molecule has 0 saturated carbocycles. The molecular formula is C7H13Cl2IO. The van der Waals surface area contributed by atoms with E-state index in [1.165, 1.54) is 0 Å². The van der Waals surface area contributed by atoms with E-state index in [1.807, 2.05) is 13.8 Å². The molecule has 0 aliphatic rings. The number of rotatable bonds is 5. The van der Waals surface area contributed by atoms with Gasteiger partial charge in [-0.3, -0.25) is 0 Å². The summed E-state index contributed by atoms with van der Waals surface area (Å²) < 4.78 is 5.83. The van der Waals surface area contributed by atoms with E-state index in [0.29, 0.717) is 15.7 Å². The van der Waals surface area contributed by atoms with Crippen molar-refractivity contribution in [1.82, 2.24) is 0 Å². The fourth-order valence-corrected chi connectivity index (χ4v) is 1.88. The van der Waals surface area contributed by atoms with Crippen LogP contribution >= 0.6 is 45.8 Å².